The molecule has 0 aromatic carbocycles. The van der Waals surface area contributed by atoms with E-state index in [0.29, 0.717) is 31.7 Å². The maximum atomic E-state index is 11.5. The van der Waals surface area contributed by atoms with Gasteiger partial charge in [-0.05, 0) is 12.8 Å². The zero-order chi connectivity index (χ0) is 14.0. The van der Waals surface area contributed by atoms with Crippen molar-refractivity contribution in [2.45, 2.75) is 26.2 Å². The number of carbonyl (C=O) groups is 1. The maximum absolute atomic E-state index is 11.5. The first-order valence-electron chi connectivity index (χ1n) is 6.31. The fourth-order valence-corrected chi connectivity index (χ4v) is 2.67. The molecule has 1 aliphatic rings. The van der Waals surface area contributed by atoms with Crippen LogP contribution in [-0.2, 0) is 4.79 Å². The van der Waals surface area contributed by atoms with Gasteiger partial charge in [0.2, 0.25) is 0 Å². The smallest absolute Gasteiger partial charge is 0.311 e. The van der Waals surface area contributed by atoms with Crippen LogP contribution < -0.4 is 16.2 Å². The van der Waals surface area contributed by atoms with Crippen molar-refractivity contribution in [2.24, 2.45) is 5.41 Å². The molecule has 19 heavy (non-hydrogen) atoms. The van der Waals surface area contributed by atoms with Crippen LogP contribution >= 0.6 is 0 Å². The number of carboxylic acid groups (broad SMARTS) is 1. The minimum absolute atomic E-state index is 0.0418. The molecule has 0 aliphatic carbocycles. The second-order valence-electron chi connectivity index (χ2n) is 4.98. The minimum Gasteiger partial charge on any atom is -0.481 e. The van der Waals surface area contributed by atoms with Gasteiger partial charge in [0.15, 0.2) is 5.82 Å². The van der Waals surface area contributed by atoms with Gasteiger partial charge in [-0.2, -0.15) is 0 Å². The van der Waals surface area contributed by atoms with Crippen molar-refractivity contribution in [2.75, 3.05) is 23.7 Å². The average molecular weight is 266 g/mol. The van der Waals surface area contributed by atoms with Crippen molar-refractivity contribution >= 4 is 17.5 Å². The second-order valence-corrected chi connectivity index (χ2v) is 4.98. The molecule has 1 aromatic rings. The van der Waals surface area contributed by atoms with Crippen LogP contribution in [0.25, 0.3) is 0 Å². The van der Waals surface area contributed by atoms with E-state index in [9.17, 15) is 14.7 Å². The van der Waals surface area contributed by atoms with Gasteiger partial charge in [-0.1, -0.05) is 13.3 Å². The van der Waals surface area contributed by atoms with E-state index >= 15 is 0 Å². The van der Waals surface area contributed by atoms with E-state index < -0.39 is 16.9 Å². The van der Waals surface area contributed by atoms with Gasteiger partial charge >= 0.3 is 5.97 Å². The predicted octanol–water partition coefficient (Wildman–Crippen LogP) is 0.433. The first kappa shape index (κ1) is 13.4. The standard InChI is InChI=1S/C12H18N4O3/c1-2-3-12(11(18)19)4-5-16(6-12)9-8(13)10(17)15-7-14-9/h7H,2-6,13H2,1H3,(H,18,19)(H,14,15,17). The average Bonchev–Trinajstić information content (AvgIpc) is 2.79. The predicted molar refractivity (Wildman–Crippen MR) is 71.1 cm³/mol. The van der Waals surface area contributed by atoms with Crippen LogP contribution in [0.15, 0.2) is 11.1 Å². The summed E-state index contributed by atoms with van der Waals surface area (Å²) in [5.74, 6) is -0.414. The van der Waals surface area contributed by atoms with Crippen LogP contribution in [0.5, 0.6) is 0 Å². The van der Waals surface area contributed by atoms with Gasteiger partial charge in [-0.15, -0.1) is 0 Å². The highest BCUT2D eigenvalue weighted by Crippen LogP contribution is 2.37. The lowest BCUT2D eigenvalue weighted by Gasteiger charge is -2.24. The maximum Gasteiger partial charge on any atom is 0.311 e. The molecular formula is C12H18N4O3. The number of nitrogens with one attached hydrogen (secondary N) is 1. The summed E-state index contributed by atoms with van der Waals surface area (Å²) in [5, 5.41) is 9.44. The number of nitrogens with zero attached hydrogens (tertiary/aromatic N) is 2. The van der Waals surface area contributed by atoms with Crippen molar-refractivity contribution in [1.29, 1.82) is 0 Å². The summed E-state index contributed by atoms with van der Waals surface area (Å²) >= 11 is 0. The highest BCUT2D eigenvalue weighted by Gasteiger charge is 2.44. The number of hydrogen-bond acceptors (Lipinski definition) is 5. The number of carboxylic acids is 1. The summed E-state index contributed by atoms with van der Waals surface area (Å²) in [4.78, 5) is 31.2. The highest BCUT2D eigenvalue weighted by molar-refractivity contribution is 5.77. The molecule has 0 bridgehead atoms. The quantitative estimate of drug-likeness (QED) is 0.728. The number of H-pyrrole nitrogens is 1. The van der Waals surface area contributed by atoms with Crippen molar-refractivity contribution in [3.05, 3.63) is 16.7 Å². The minimum atomic E-state index is -0.791. The van der Waals surface area contributed by atoms with E-state index in [4.69, 9.17) is 5.73 Å². The van der Waals surface area contributed by atoms with Crippen molar-refractivity contribution < 1.29 is 9.90 Å². The molecule has 4 N–H and O–H groups in total. The third-order valence-corrected chi connectivity index (χ3v) is 3.70. The third-order valence-electron chi connectivity index (χ3n) is 3.70. The number of nitrogen functional groups attached to an aromatic ring is 1. The van der Waals surface area contributed by atoms with E-state index in [1.54, 1.807) is 4.90 Å². The number of nitrogens with two attached hydrogens (primary N) is 1. The molecule has 1 fully saturated rings. The number of hydrogen-bond donors (Lipinski definition) is 3. The Labute approximate surface area is 110 Å². The number of anilines is 2. The molecule has 2 rings (SSSR count). The largest absolute Gasteiger partial charge is 0.481 e. The Morgan fingerprint density at radius 3 is 3.05 bits per heavy atom. The fraction of sp³-hybridized carbons (Fsp3) is 0.583. The lowest BCUT2D eigenvalue weighted by Crippen LogP contribution is -2.35. The highest BCUT2D eigenvalue weighted by atomic mass is 16.4. The molecule has 1 unspecified atom stereocenters. The van der Waals surface area contributed by atoms with Crippen LogP contribution in [0, 0.1) is 5.41 Å². The Morgan fingerprint density at radius 1 is 1.68 bits per heavy atom. The third kappa shape index (κ3) is 2.27. The van der Waals surface area contributed by atoms with Crippen molar-refractivity contribution in [3.8, 4) is 0 Å². The summed E-state index contributed by atoms with van der Waals surface area (Å²) in [7, 11) is 0. The summed E-state index contributed by atoms with van der Waals surface area (Å²) in [6.07, 6.45) is 3.25. The lowest BCUT2D eigenvalue weighted by atomic mass is 9.83. The lowest BCUT2D eigenvalue weighted by molar-refractivity contribution is -0.148. The van der Waals surface area contributed by atoms with Crippen molar-refractivity contribution in [1.82, 2.24) is 9.97 Å². The van der Waals surface area contributed by atoms with Gasteiger partial charge in [-0.3, -0.25) is 9.59 Å². The van der Waals surface area contributed by atoms with E-state index in [2.05, 4.69) is 9.97 Å². The summed E-state index contributed by atoms with van der Waals surface area (Å²) < 4.78 is 0. The van der Waals surface area contributed by atoms with Crippen LogP contribution in [0.4, 0.5) is 11.5 Å². The van der Waals surface area contributed by atoms with Gasteiger partial charge in [0.1, 0.15) is 5.69 Å². The van der Waals surface area contributed by atoms with Gasteiger partial charge in [0.25, 0.3) is 5.56 Å². The molecule has 1 saturated heterocycles. The van der Waals surface area contributed by atoms with Gasteiger partial charge in [0, 0.05) is 13.1 Å². The summed E-state index contributed by atoms with van der Waals surface area (Å²) in [5.41, 5.74) is 4.59. The number of rotatable bonds is 4. The SMILES string of the molecule is CCCC1(C(=O)O)CCN(c2nc[nH]c(=O)c2N)C1. The molecular weight excluding hydrogens is 248 g/mol. The Hall–Kier alpha value is -2.05. The van der Waals surface area contributed by atoms with E-state index in [1.807, 2.05) is 6.92 Å². The first-order valence-corrected chi connectivity index (χ1v) is 6.31. The molecule has 1 atom stereocenters. The van der Waals surface area contributed by atoms with Gasteiger partial charge in [0.05, 0.1) is 11.7 Å². The number of aromatic nitrogens is 2. The van der Waals surface area contributed by atoms with Crippen LogP contribution in [0.1, 0.15) is 26.2 Å². The zero-order valence-electron chi connectivity index (χ0n) is 10.8. The number of aliphatic carboxylic acids is 1. The number of aromatic amines is 1. The summed E-state index contributed by atoms with van der Waals surface area (Å²) in [6.45, 7) is 2.86. The van der Waals surface area contributed by atoms with Gasteiger partial charge in [-0.25, -0.2) is 4.98 Å². The second kappa shape index (κ2) is 4.91. The Balaban J connectivity index is 2.28. The van der Waals surface area contributed by atoms with Crippen LogP contribution in [-0.4, -0.2) is 34.1 Å². The zero-order valence-corrected chi connectivity index (χ0v) is 10.8. The van der Waals surface area contributed by atoms with Gasteiger partial charge < -0.3 is 20.7 Å². The molecule has 1 aromatic heterocycles. The molecule has 7 nitrogen and oxygen atoms in total. The Bertz CT molecular complexity index is 542. The Kier molecular flexibility index (Phi) is 3.46. The Morgan fingerprint density at radius 2 is 2.42 bits per heavy atom. The molecule has 1 aliphatic heterocycles. The fourth-order valence-electron chi connectivity index (χ4n) is 2.67. The van der Waals surface area contributed by atoms with E-state index in [1.165, 1.54) is 6.33 Å². The molecule has 2 heterocycles. The topological polar surface area (TPSA) is 112 Å². The first-order chi connectivity index (χ1) is 9.00. The molecule has 0 radical (unpaired) electrons. The van der Waals surface area contributed by atoms with Crippen LogP contribution in [0.2, 0.25) is 0 Å². The van der Waals surface area contributed by atoms with E-state index in [-0.39, 0.29) is 5.69 Å². The normalized spacial score (nSPS) is 22.7. The molecule has 0 spiro atoms. The van der Waals surface area contributed by atoms with E-state index in [0.717, 1.165) is 6.42 Å². The monoisotopic (exact) mass is 266 g/mol. The molecule has 104 valence electrons. The molecule has 7 heteroatoms. The van der Waals surface area contributed by atoms with Crippen LogP contribution in [0.3, 0.4) is 0 Å². The van der Waals surface area contributed by atoms with Crippen molar-refractivity contribution in [3.63, 3.8) is 0 Å². The summed E-state index contributed by atoms with van der Waals surface area (Å²) in [6, 6.07) is 0. The molecule has 0 amide bonds. The molecule has 0 saturated carbocycles.